The van der Waals surface area contributed by atoms with E-state index < -0.39 is 0 Å². The number of carbonyl (C=O) groups is 1. The number of aliphatic hydroxyl groups is 1. The molecule has 2 fully saturated rings. The maximum atomic E-state index is 13.1. The monoisotopic (exact) mass is 378 g/mol. The minimum Gasteiger partial charge on any atom is -0.394 e. The fourth-order valence-electron chi connectivity index (χ4n) is 4.84. The van der Waals surface area contributed by atoms with Crippen molar-refractivity contribution in [2.24, 2.45) is 18.9 Å². The topological polar surface area (TPSA) is 70.8 Å². The molecule has 27 heavy (non-hydrogen) atoms. The molecule has 0 aromatic carbocycles. The fourth-order valence-corrected chi connectivity index (χ4v) is 4.84. The molecule has 3 heterocycles. The van der Waals surface area contributed by atoms with Crippen LogP contribution in [0.1, 0.15) is 42.4 Å². The van der Waals surface area contributed by atoms with E-state index in [1.807, 2.05) is 24.9 Å². The first-order chi connectivity index (χ1) is 13.0. The summed E-state index contributed by atoms with van der Waals surface area (Å²) in [7, 11) is 3.60. The van der Waals surface area contributed by atoms with Crippen molar-refractivity contribution in [3.8, 4) is 0 Å². The maximum absolute atomic E-state index is 13.1. The zero-order chi connectivity index (χ0) is 19.6. The summed E-state index contributed by atoms with van der Waals surface area (Å²) >= 11 is 0. The molecule has 7 heteroatoms. The van der Waals surface area contributed by atoms with Gasteiger partial charge in [-0.2, -0.15) is 5.10 Å². The lowest BCUT2D eigenvalue weighted by Gasteiger charge is -2.32. The lowest BCUT2D eigenvalue weighted by molar-refractivity contribution is 0.0572. The Morgan fingerprint density at radius 2 is 2.22 bits per heavy atom. The molecular weight excluding hydrogens is 344 g/mol. The molecule has 2 aliphatic rings. The summed E-state index contributed by atoms with van der Waals surface area (Å²) < 4.78 is 7.12. The van der Waals surface area contributed by atoms with E-state index in [0.717, 1.165) is 38.2 Å². The van der Waals surface area contributed by atoms with E-state index in [1.54, 1.807) is 11.8 Å². The molecule has 7 nitrogen and oxygen atoms in total. The lowest BCUT2D eigenvalue weighted by Crippen LogP contribution is -2.45. The summed E-state index contributed by atoms with van der Waals surface area (Å²) in [5, 5.41) is 14.5. The van der Waals surface area contributed by atoms with Gasteiger partial charge in [-0.15, -0.1) is 0 Å². The Morgan fingerprint density at radius 1 is 1.44 bits per heavy atom. The Morgan fingerprint density at radius 3 is 2.81 bits per heavy atom. The number of rotatable bonds is 7. The normalized spacial score (nSPS) is 29.0. The van der Waals surface area contributed by atoms with Crippen LogP contribution in [0.15, 0.2) is 6.07 Å². The highest BCUT2D eigenvalue weighted by atomic mass is 16.5. The maximum Gasteiger partial charge on any atom is 0.274 e. The standard InChI is InChI=1S/C20H34N4O3/c1-5-15-10-24(20(26)18-9-14(2)22(3)21-18)19(12-25)17(15)11-23-8-6-7-16(23)13-27-4/h9,15-17,19,25H,5-8,10-13H2,1-4H3/t15-,16-,17-,19-/m1/s1. The van der Waals surface area contributed by atoms with Crippen molar-refractivity contribution in [3.05, 3.63) is 17.5 Å². The highest BCUT2D eigenvalue weighted by Crippen LogP contribution is 2.35. The number of likely N-dealkylation sites (tertiary alicyclic amines) is 2. The largest absolute Gasteiger partial charge is 0.394 e. The molecule has 0 spiro atoms. The number of aliphatic hydroxyl groups excluding tert-OH is 1. The van der Waals surface area contributed by atoms with Crippen molar-refractivity contribution < 1.29 is 14.6 Å². The number of aromatic nitrogens is 2. The average molecular weight is 379 g/mol. The van der Waals surface area contributed by atoms with Crippen LogP contribution in [-0.2, 0) is 11.8 Å². The predicted molar refractivity (Wildman–Crippen MR) is 104 cm³/mol. The summed E-state index contributed by atoms with van der Waals surface area (Å²) in [6, 6.07) is 2.14. The Hall–Kier alpha value is -1.44. The molecule has 1 aromatic rings. The summed E-state index contributed by atoms with van der Waals surface area (Å²) in [5.74, 6) is 0.625. The summed E-state index contributed by atoms with van der Waals surface area (Å²) in [4.78, 5) is 17.5. The van der Waals surface area contributed by atoms with Gasteiger partial charge in [-0.25, -0.2) is 0 Å². The van der Waals surface area contributed by atoms with Gasteiger partial charge in [0.25, 0.3) is 5.91 Å². The Bertz CT molecular complexity index is 628. The minimum absolute atomic E-state index is 0.00149. The molecule has 0 radical (unpaired) electrons. The molecule has 3 rings (SSSR count). The van der Waals surface area contributed by atoms with Gasteiger partial charge < -0.3 is 14.7 Å². The molecule has 4 atom stereocenters. The predicted octanol–water partition coefficient (Wildman–Crippen LogP) is 1.30. The molecule has 0 saturated carbocycles. The SMILES string of the molecule is CC[C@@H]1CN(C(=O)c2cc(C)n(C)n2)[C@H](CO)[C@@H]1CN1CCC[C@@H]1COC. The highest BCUT2D eigenvalue weighted by Gasteiger charge is 2.45. The van der Waals surface area contributed by atoms with Crippen molar-refractivity contribution in [2.45, 2.75) is 45.2 Å². The van der Waals surface area contributed by atoms with E-state index in [0.29, 0.717) is 24.2 Å². The molecule has 0 bridgehead atoms. The van der Waals surface area contributed by atoms with Crippen molar-refractivity contribution in [3.63, 3.8) is 0 Å². The number of amides is 1. The fraction of sp³-hybridized carbons (Fsp3) is 0.800. The molecule has 2 saturated heterocycles. The average Bonchev–Trinajstić information content (AvgIpc) is 3.33. The van der Waals surface area contributed by atoms with Crippen molar-refractivity contribution in [1.82, 2.24) is 19.6 Å². The van der Waals surface area contributed by atoms with Crippen LogP contribution >= 0.6 is 0 Å². The van der Waals surface area contributed by atoms with Gasteiger partial charge in [0, 0.05) is 39.0 Å². The van der Waals surface area contributed by atoms with Gasteiger partial charge >= 0.3 is 0 Å². The number of hydrogen-bond acceptors (Lipinski definition) is 5. The van der Waals surface area contributed by atoms with E-state index in [4.69, 9.17) is 4.74 Å². The van der Waals surface area contributed by atoms with Crippen LogP contribution < -0.4 is 0 Å². The summed E-state index contributed by atoms with van der Waals surface area (Å²) in [6.07, 6.45) is 3.36. The van der Waals surface area contributed by atoms with Crippen LogP contribution in [0.5, 0.6) is 0 Å². The van der Waals surface area contributed by atoms with Gasteiger partial charge in [-0.1, -0.05) is 13.3 Å². The van der Waals surface area contributed by atoms with Crippen LogP contribution in [0.3, 0.4) is 0 Å². The summed E-state index contributed by atoms with van der Waals surface area (Å²) in [5.41, 5.74) is 1.43. The summed E-state index contributed by atoms with van der Waals surface area (Å²) in [6.45, 7) is 7.57. The number of ether oxygens (including phenoxy) is 1. The Balaban J connectivity index is 1.77. The van der Waals surface area contributed by atoms with E-state index in [1.165, 1.54) is 6.42 Å². The molecule has 0 aliphatic carbocycles. The lowest BCUT2D eigenvalue weighted by atomic mass is 9.88. The van der Waals surface area contributed by atoms with Crippen molar-refractivity contribution >= 4 is 5.91 Å². The smallest absolute Gasteiger partial charge is 0.274 e. The number of carbonyl (C=O) groups excluding carboxylic acids is 1. The van der Waals surface area contributed by atoms with Crippen LogP contribution in [0.25, 0.3) is 0 Å². The second kappa shape index (κ2) is 8.71. The van der Waals surface area contributed by atoms with Gasteiger partial charge in [0.15, 0.2) is 5.69 Å². The number of methoxy groups -OCH3 is 1. The van der Waals surface area contributed by atoms with Crippen LogP contribution in [0.2, 0.25) is 0 Å². The first-order valence-corrected chi connectivity index (χ1v) is 10.2. The van der Waals surface area contributed by atoms with Crippen molar-refractivity contribution in [2.75, 3.05) is 40.0 Å². The molecule has 152 valence electrons. The van der Waals surface area contributed by atoms with Gasteiger partial charge in [0.2, 0.25) is 0 Å². The molecule has 0 unspecified atom stereocenters. The van der Waals surface area contributed by atoms with E-state index in [-0.39, 0.29) is 24.5 Å². The third kappa shape index (κ3) is 4.05. The van der Waals surface area contributed by atoms with E-state index in [9.17, 15) is 9.90 Å². The first-order valence-electron chi connectivity index (χ1n) is 10.2. The van der Waals surface area contributed by atoms with Gasteiger partial charge in [0.1, 0.15) is 0 Å². The van der Waals surface area contributed by atoms with Crippen LogP contribution in [-0.4, -0.2) is 82.6 Å². The molecule has 1 N–H and O–H groups in total. The van der Waals surface area contributed by atoms with Crippen LogP contribution in [0, 0.1) is 18.8 Å². The zero-order valence-corrected chi connectivity index (χ0v) is 17.1. The van der Waals surface area contributed by atoms with Gasteiger partial charge in [-0.05, 0) is 44.2 Å². The molecule has 1 aromatic heterocycles. The minimum atomic E-state index is -0.145. The second-order valence-electron chi connectivity index (χ2n) is 8.08. The number of aryl methyl sites for hydroxylation is 2. The van der Waals surface area contributed by atoms with E-state index in [2.05, 4.69) is 16.9 Å². The quantitative estimate of drug-likeness (QED) is 0.774. The number of nitrogens with zero attached hydrogens (tertiary/aromatic N) is 4. The Labute approximate surface area is 162 Å². The highest BCUT2D eigenvalue weighted by molar-refractivity contribution is 5.93. The molecule has 2 aliphatic heterocycles. The second-order valence-corrected chi connectivity index (χ2v) is 8.08. The molecule has 1 amide bonds. The molecular formula is C20H34N4O3. The van der Waals surface area contributed by atoms with Gasteiger partial charge in [-0.3, -0.25) is 14.4 Å². The first kappa shape index (κ1) is 20.3. The van der Waals surface area contributed by atoms with Crippen molar-refractivity contribution in [1.29, 1.82) is 0 Å². The zero-order valence-electron chi connectivity index (χ0n) is 17.1. The third-order valence-corrected chi connectivity index (χ3v) is 6.54. The van der Waals surface area contributed by atoms with Gasteiger partial charge in [0.05, 0.1) is 19.3 Å². The van der Waals surface area contributed by atoms with E-state index >= 15 is 0 Å². The number of hydrogen-bond donors (Lipinski definition) is 1. The van der Waals surface area contributed by atoms with Crippen LogP contribution in [0.4, 0.5) is 0 Å². The third-order valence-electron chi connectivity index (χ3n) is 6.54. The Kier molecular flexibility index (Phi) is 6.55.